The van der Waals surface area contributed by atoms with Crippen molar-refractivity contribution in [2.24, 2.45) is 0 Å². The highest BCUT2D eigenvalue weighted by Crippen LogP contribution is 2.19. The second kappa shape index (κ2) is 7.85. The number of amides is 1. The monoisotopic (exact) mass is 317 g/mol. The Balaban J connectivity index is 1.93. The minimum absolute atomic E-state index is 0.191. The van der Waals surface area contributed by atoms with E-state index in [-0.39, 0.29) is 5.91 Å². The quantitative estimate of drug-likeness (QED) is 0.838. The van der Waals surface area contributed by atoms with E-state index in [0.29, 0.717) is 10.8 Å². The molecule has 0 spiro atoms. The minimum Gasteiger partial charge on any atom is -0.481 e. The van der Waals surface area contributed by atoms with E-state index in [9.17, 15) is 4.79 Å². The number of carbonyl (C=O) groups is 1. The van der Waals surface area contributed by atoms with E-state index >= 15 is 0 Å². The van der Waals surface area contributed by atoms with Gasteiger partial charge in [-0.05, 0) is 49.2 Å². The van der Waals surface area contributed by atoms with Crippen molar-refractivity contribution < 1.29 is 9.53 Å². The van der Waals surface area contributed by atoms with Gasteiger partial charge in [-0.15, -0.1) is 0 Å². The lowest BCUT2D eigenvalue weighted by atomic mass is 10.1. The molecule has 0 heterocycles. The number of carbonyl (C=O) groups excluding carboxylic acids is 1. The summed E-state index contributed by atoms with van der Waals surface area (Å²) in [7, 11) is 0. The summed E-state index contributed by atoms with van der Waals surface area (Å²) in [6.45, 7) is 3.85. The number of ether oxygens (including phenoxy) is 1. The third-order valence-corrected chi connectivity index (χ3v) is 3.47. The van der Waals surface area contributed by atoms with E-state index in [4.69, 9.17) is 16.3 Å². The fourth-order valence-electron chi connectivity index (χ4n) is 2.09. The summed E-state index contributed by atoms with van der Waals surface area (Å²) in [4.78, 5) is 12.1. The Morgan fingerprint density at radius 1 is 1.23 bits per heavy atom. The van der Waals surface area contributed by atoms with Crippen LogP contribution in [0.3, 0.4) is 0 Å². The van der Waals surface area contributed by atoms with Gasteiger partial charge in [-0.2, -0.15) is 0 Å². The number of nitrogens with one attached hydrogen (secondary N) is 1. The fourth-order valence-corrected chi connectivity index (χ4v) is 2.27. The molecule has 0 bridgehead atoms. The molecule has 2 aromatic rings. The van der Waals surface area contributed by atoms with Gasteiger partial charge in [0.05, 0.1) is 0 Å². The SMILES string of the molecule is CCCc1ccc(NC(=O)C(C)Oc2cccc(Cl)c2)cc1. The molecule has 0 fully saturated rings. The van der Waals surface area contributed by atoms with Crippen LogP contribution in [0.5, 0.6) is 5.75 Å². The molecular weight excluding hydrogens is 298 g/mol. The Kier molecular flexibility index (Phi) is 5.84. The van der Waals surface area contributed by atoms with Crippen LogP contribution >= 0.6 is 11.6 Å². The second-order valence-corrected chi connectivity index (χ2v) is 5.59. The van der Waals surface area contributed by atoms with Crippen molar-refractivity contribution in [2.75, 3.05) is 5.32 Å². The maximum absolute atomic E-state index is 12.1. The standard InChI is InChI=1S/C18H20ClNO2/c1-3-5-14-8-10-16(11-9-14)20-18(21)13(2)22-17-7-4-6-15(19)12-17/h4,6-13H,3,5H2,1-2H3,(H,20,21). The van der Waals surface area contributed by atoms with E-state index in [1.54, 1.807) is 31.2 Å². The molecule has 1 atom stereocenters. The smallest absolute Gasteiger partial charge is 0.265 e. The van der Waals surface area contributed by atoms with E-state index in [2.05, 4.69) is 12.2 Å². The molecule has 0 aliphatic carbocycles. The van der Waals surface area contributed by atoms with Crippen LogP contribution in [0.1, 0.15) is 25.8 Å². The molecule has 2 rings (SSSR count). The van der Waals surface area contributed by atoms with E-state index in [1.165, 1.54) is 5.56 Å². The molecule has 1 N–H and O–H groups in total. The first kappa shape index (κ1) is 16.4. The lowest BCUT2D eigenvalue weighted by Crippen LogP contribution is -2.30. The van der Waals surface area contributed by atoms with Gasteiger partial charge in [0.25, 0.3) is 5.91 Å². The average Bonchev–Trinajstić information content (AvgIpc) is 2.49. The predicted octanol–water partition coefficient (Wildman–Crippen LogP) is 4.70. The Labute approximate surface area is 136 Å². The largest absolute Gasteiger partial charge is 0.481 e. The van der Waals surface area contributed by atoms with Crippen molar-refractivity contribution >= 4 is 23.2 Å². The van der Waals surface area contributed by atoms with Crippen molar-refractivity contribution in [1.29, 1.82) is 0 Å². The van der Waals surface area contributed by atoms with Crippen LogP contribution in [0.2, 0.25) is 5.02 Å². The molecule has 0 aliphatic rings. The van der Waals surface area contributed by atoms with Gasteiger partial charge in [0, 0.05) is 10.7 Å². The summed E-state index contributed by atoms with van der Waals surface area (Å²) in [6.07, 6.45) is 1.55. The van der Waals surface area contributed by atoms with Crippen LogP contribution in [-0.4, -0.2) is 12.0 Å². The number of rotatable bonds is 6. The summed E-state index contributed by atoms with van der Waals surface area (Å²) in [5.74, 6) is 0.386. The van der Waals surface area contributed by atoms with Crippen LogP contribution in [0, 0.1) is 0 Å². The van der Waals surface area contributed by atoms with Crippen LogP contribution in [0.4, 0.5) is 5.69 Å². The molecule has 0 saturated heterocycles. The predicted molar refractivity (Wildman–Crippen MR) is 90.6 cm³/mol. The summed E-state index contributed by atoms with van der Waals surface area (Å²) in [5.41, 5.74) is 2.04. The van der Waals surface area contributed by atoms with Crippen LogP contribution in [-0.2, 0) is 11.2 Å². The van der Waals surface area contributed by atoms with Gasteiger partial charge >= 0.3 is 0 Å². The Morgan fingerprint density at radius 2 is 1.95 bits per heavy atom. The number of hydrogen-bond donors (Lipinski definition) is 1. The Hall–Kier alpha value is -2.00. The zero-order valence-electron chi connectivity index (χ0n) is 12.8. The number of aryl methyl sites for hydroxylation is 1. The van der Waals surface area contributed by atoms with Gasteiger partial charge in [0.1, 0.15) is 5.75 Å². The third-order valence-electron chi connectivity index (χ3n) is 3.24. The molecule has 3 nitrogen and oxygen atoms in total. The number of hydrogen-bond acceptors (Lipinski definition) is 2. The molecule has 4 heteroatoms. The maximum Gasteiger partial charge on any atom is 0.265 e. The molecule has 0 saturated carbocycles. The molecular formula is C18H20ClNO2. The second-order valence-electron chi connectivity index (χ2n) is 5.15. The first-order valence-corrected chi connectivity index (χ1v) is 7.78. The van der Waals surface area contributed by atoms with Crippen molar-refractivity contribution in [2.45, 2.75) is 32.8 Å². The summed E-state index contributed by atoms with van der Waals surface area (Å²) in [5, 5.41) is 3.43. The topological polar surface area (TPSA) is 38.3 Å². The zero-order chi connectivity index (χ0) is 15.9. The van der Waals surface area contributed by atoms with Crippen molar-refractivity contribution in [1.82, 2.24) is 0 Å². The number of benzene rings is 2. The van der Waals surface area contributed by atoms with Gasteiger partial charge in [0.2, 0.25) is 0 Å². The molecule has 0 aromatic heterocycles. The molecule has 0 aliphatic heterocycles. The Morgan fingerprint density at radius 3 is 2.59 bits per heavy atom. The lowest BCUT2D eigenvalue weighted by Gasteiger charge is -2.15. The highest BCUT2D eigenvalue weighted by molar-refractivity contribution is 6.30. The highest BCUT2D eigenvalue weighted by atomic mass is 35.5. The first-order valence-electron chi connectivity index (χ1n) is 7.40. The van der Waals surface area contributed by atoms with Gasteiger partial charge < -0.3 is 10.1 Å². The molecule has 1 unspecified atom stereocenters. The zero-order valence-corrected chi connectivity index (χ0v) is 13.6. The van der Waals surface area contributed by atoms with E-state index in [1.807, 2.05) is 24.3 Å². The van der Waals surface area contributed by atoms with Crippen LogP contribution in [0.25, 0.3) is 0 Å². The molecule has 1 amide bonds. The number of halogens is 1. The van der Waals surface area contributed by atoms with Gasteiger partial charge in [-0.25, -0.2) is 0 Å². The molecule has 0 radical (unpaired) electrons. The minimum atomic E-state index is -0.603. The average molecular weight is 318 g/mol. The van der Waals surface area contributed by atoms with Crippen LogP contribution in [0.15, 0.2) is 48.5 Å². The van der Waals surface area contributed by atoms with Gasteiger partial charge in [-0.1, -0.05) is 43.1 Å². The Bertz CT molecular complexity index is 625. The van der Waals surface area contributed by atoms with Gasteiger partial charge in [0.15, 0.2) is 6.10 Å². The van der Waals surface area contributed by atoms with E-state index < -0.39 is 6.10 Å². The fraction of sp³-hybridized carbons (Fsp3) is 0.278. The molecule has 22 heavy (non-hydrogen) atoms. The normalized spacial score (nSPS) is 11.8. The number of anilines is 1. The lowest BCUT2D eigenvalue weighted by molar-refractivity contribution is -0.122. The maximum atomic E-state index is 12.1. The van der Waals surface area contributed by atoms with Crippen LogP contribution < -0.4 is 10.1 Å². The summed E-state index contributed by atoms with van der Waals surface area (Å²) < 4.78 is 5.59. The van der Waals surface area contributed by atoms with Crippen molar-refractivity contribution in [3.05, 3.63) is 59.1 Å². The van der Waals surface area contributed by atoms with Crippen molar-refractivity contribution in [3.8, 4) is 5.75 Å². The van der Waals surface area contributed by atoms with Gasteiger partial charge in [-0.3, -0.25) is 4.79 Å². The molecule has 2 aromatic carbocycles. The highest BCUT2D eigenvalue weighted by Gasteiger charge is 2.15. The summed E-state index contributed by atoms with van der Waals surface area (Å²) >= 11 is 5.90. The third kappa shape index (κ3) is 4.78. The summed E-state index contributed by atoms with van der Waals surface area (Å²) in [6, 6.07) is 14.9. The van der Waals surface area contributed by atoms with E-state index in [0.717, 1.165) is 18.5 Å². The first-order chi connectivity index (χ1) is 10.6. The molecule has 116 valence electrons. The van der Waals surface area contributed by atoms with Crippen molar-refractivity contribution in [3.63, 3.8) is 0 Å².